The van der Waals surface area contributed by atoms with Crippen LogP contribution in [0.2, 0.25) is 0 Å². The van der Waals surface area contributed by atoms with Crippen LogP contribution in [-0.4, -0.2) is 0 Å². The Hall–Kier alpha value is -6.18. The fourth-order valence-corrected chi connectivity index (χ4v) is 6.45. The van der Waals surface area contributed by atoms with Gasteiger partial charge in [0, 0.05) is 16.9 Å². The van der Waals surface area contributed by atoms with Crippen LogP contribution in [0.15, 0.2) is 200 Å². The van der Waals surface area contributed by atoms with Gasteiger partial charge in [0.2, 0.25) is 0 Å². The molecule has 0 aromatic heterocycles. The van der Waals surface area contributed by atoms with Crippen molar-refractivity contribution < 1.29 is 0 Å². The van der Waals surface area contributed by atoms with E-state index in [0.29, 0.717) is 0 Å². The van der Waals surface area contributed by atoms with Gasteiger partial charge in [-0.1, -0.05) is 158 Å². The van der Waals surface area contributed by atoms with Gasteiger partial charge in [-0.05, 0) is 92.2 Å². The number of benzene rings is 8. The Morgan fingerprint density at radius 3 is 1.40 bits per heavy atom. The van der Waals surface area contributed by atoms with Gasteiger partial charge < -0.3 is 4.90 Å². The molecule has 0 aliphatic carbocycles. The average molecular weight is 600 g/mol. The lowest BCUT2D eigenvalue weighted by molar-refractivity contribution is 1.29. The highest BCUT2D eigenvalue weighted by Gasteiger charge is 2.19. The molecule has 1 heteroatoms. The smallest absolute Gasteiger partial charge is 0.0540 e. The predicted molar refractivity (Wildman–Crippen MR) is 200 cm³/mol. The quantitative estimate of drug-likeness (QED) is 0.176. The molecule has 0 aliphatic rings. The number of anilines is 3. The first-order valence-electron chi connectivity index (χ1n) is 16.1. The molecule has 8 rings (SSSR count). The molecule has 0 bridgehead atoms. The molecule has 8 aromatic carbocycles. The topological polar surface area (TPSA) is 3.24 Å². The van der Waals surface area contributed by atoms with Crippen LogP contribution >= 0.6 is 0 Å². The lowest BCUT2D eigenvalue weighted by Gasteiger charge is -2.29. The molecule has 0 atom stereocenters. The molecular formula is C46H33N. The molecule has 0 amide bonds. The zero-order chi connectivity index (χ0) is 31.4. The van der Waals surface area contributed by atoms with Crippen molar-refractivity contribution in [3.05, 3.63) is 200 Å². The second-order valence-corrected chi connectivity index (χ2v) is 11.8. The second kappa shape index (κ2) is 12.7. The molecule has 47 heavy (non-hydrogen) atoms. The highest BCUT2D eigenvalue weighted by molar-refractivity contribution is 5.94. The summed E-state index contributed by atoms with van der Waals surface area (Å²) in [6.45, 7) is 0. The van der Waals surface area contributed by atoms with Gasteiger partial charge in [-0.25, -0.2) is 0 Å². The van der Waals surface area contributed by atoms with Crippen molar-refractivity contribution in [2.75, 3.05) is 4.90 Å². The molecule has 222 valence electrons. The largest absolute Gasteiger partial charge is 0.310 e. The minimum atomic E-state index is 1.11. The summed E-state index contributed by atoms with van der Waals surface area (Å²) in [5.41, 5.74) is 12.9. The van der Waals surface area contributed by atoms with Crippen molar-refractivity contribution in [3.63, 3.8) is 0 Å². The number of nitrogens with zero attached hydrogens (tertiary/aromatic N) is 1. The first kappa shape index (κ1) is 28.3. The summed E-state index contributed by atoms with van der Waals surface area (Å²) in [6.07, 6.45) is 0. The fraction of sp³-hybridized carbons (Fsp3) is 0. The van der Waals surface area contributed by atoms with E-state index in [1.165, 1.54) is 55.3 Å². The van der Waals surface area contributed by atoms with Crippen LogP contribution in [0.4, 0.5) is 17.1 Å². The monoisotopic (exact) mass is 599 g/mol. The first-order chi connectivity index (χ1) is 23.3. The van der Waals surface area contributed by atoms with Crippen LogP contribution in [0.5, 0.6) is 0 Å². The summed E-state index contributed by atoms with van der Waals surface area (Å²) >= 11 is 0. The Labute approximate surface area is 276 Å². The van der Waals surface area contributed by atoms with Gasteiger partial charge in [0.15, 0.2) is 0 Å². The fourth-order valence-electron chi connectivity index (χ4n) is 6.45. The number of fused-ring (bicyclic) bond motifs is 1. The van der Waals surface area contributed by atoms with Crippen LogP contribution < -0.4 is 4.90 Å². The van der Waals surface area contributed by atoms with Gasteiger partial charge in [-0.2, -0.15) is 0 Å². The molecule has 0 radical (unpaired) electrons. The van der Waals surface area contributed by atoms with Crippen molar-refractivity contribution in [2.24, 2.45) is 0 Å². The Kier molecular flexibility index (Phi) is 7.63. The van der Waals surface area contributed by atoms with Crippen LogP contribution in [-0.2, 0) is 0 Å². The van der Waals surface area contributed by atoms with Crippen LogP contribution in [0.3, 0.4) is 0 Å². The molecule has 8 aromatic rings. The van der Waals surface area contributed by atoms with E-state index in [1.54, 1.807) is 0 Å². The molecule has 0 unspecified atom stereocenters. The Bertz CT molecular complexity index is 2270. The van der Waals surface area contributed by atoms with E-state index in [1.807, 2.05) is 0 Å². The third-order valence-electron chi connectivity index (χ3n) is 8.85. The lowest BCUT2D eigenvalue weighted by atomic mass is 9.94. The second-order valence-electron chi connectivity index (χ2n) is 11.8. The predicted octanol–water partition coefficient (Wildman–Crippen LogP) is 13.0. The molecule has 0 saturated carbocycles. The number of hydrogen-bond acceptors (Lipinski definition) is 1. The summed E-state index contributed by atoms with van der Waals surface area (Å²) in [5, 5.41) is 2.44. The van der Waals surface area contributed by atoms with E-state index in [4.69, 9.17) is 0 Å². The minimum Gasteiger partial charge on any atom is -0.310 e. The van der Waals surface area contributed by atoms with Crippen molar-refractivity contribution >= 4 is 27.8 Å². The van der Waals surface area contributed by atoms with Crippen molar-refractivity contribution in [3.8, 4) is 44.5 Å². The summed E-state index contributed by atoms with van der Waals surface area (Å²) in [4.78, 5) is 2.40. The molecular weight excluding hydrogens is 567 g/mol. The lowest BCUT2D eigenvalue weighted by Crippen LogP contribution is -2.11. The molecule has 0 saturated heterocycles. The molecule has 0 heterocycles. The standard InChI is InChI=1S/C46H33N/c1-4-13-34(14-5-1)37-23-27-43(28-24-37)47(44-29-25-36-17-10-11-20-41(36)32-44)46-30-26-42(33-45(46)38-18-8-3-9-19-38)40-22-12-21-39(31-40)35-15-6-2-7-16-35/h1-33H. The van der Waals surface area contributed by atoms with Crippen LogP contribution in [0, 0.1) is 0 Å². The van der Waals surface area contributed by atoms with Crippen molar-refractivity contribution in [1.82, 2.24) is 0 Å². The van der Waals surface area contributed by atoms with Crippen molar-refractivity contribution in [1.29, 1.82) is 0 Å². The summed E-state index contributed by atoms with van der Waals surface area (Å²) in [6, 6.07) is 71.9. The first-order valence-corrected chi connectivity index (χ1v) is 16.1. The third kappa shape index (κ3) is 5.83. The van der Waals surface area contributed by atoms with Gasteiger partial charge in [0.1, 0.15) is 0 Å². The zero-order valence-electron chi connectivity index (χ0n) is 26.0. The Morgan fingerprint density at radius 2 is 0.723 bits per heavy atom. The van der Waals surface area contributed by atoms with E-state index in [-0.39, 0.29) is 0 Å². The van der Waals surface area contributed by atoms with E-state index >= 15 is 0 Å². The minimum absolute atomic E-state index is 1.11. The molecule has 1 nitrogen and oxygen atoms in total. The highest BCUT2D eigenvalue weighted by Crippen LogP contribution is 2.44. The molecule has 0 N–H and O–H groups in total. The van der Waals surface area contributed by atoms with Gasteiger partial charge >= 0.3 is 0 Å². The summed E-state index contributed by atoms with van der Waals surface area (Å²) in [5.74, 6) is 0. The molecule has 0 fully saturated rings. The van der Waals surface area contributed by atoms with E-state index in [9.17, 15) is 0 Å². The maximum absolute atomic E-state index is 2.40. The summed E-state index contributed by atoms with van der Waals surface area (Å²) in [7, 11) is 0. The Morgan fingerprint density at radius 1 is 0.255 bits per heavy atom. The zero-order valence-corrected chi connectivity index (χ0v) is 26.0. The summed E-state index contributed by atoms with van der Waals surface area (Å²) < 4.78 is 0. The normalized spacial score (nSPS) is 11.0. The Balaban J connectivity index is 1.30. The third-order valence-corrected chi connectivity index (χ3v) is 8.85. The molecule has 0 spiro atoms. The van der Waals surface area contributed by atoms with E-state index in [0.717, 1.165) is 17.1 Å². The number of rotatable bonds is 7. The highest BCUT2D eigenvalue weighted by atomic mass is 15.1. The van der Waals surface area contributed by atoms with Gasteiger partial charge in [0.25, 0.3) is 0 Å². The van der Waals surface area contributed by atoms with E-state index in [2.05, 4.69) is 205 Å². The number of hydrogen-bond donors (Lipinski definition) is 0. The van der Waals surface area contributed by atoms with Crippen molar-refractivity contribution in [2.45, 2.75) is 0 Å². The maximum atomic E-state index is 2.40. The average Bonchev–Trinajstić information content (AvgIpc) is 3.16. The van der Waals surface area contributed by atoms with Gasteiger partial charge in [-0.3, -0.25) is 0 Å². The van der Waals surface area contributed by atoms with Gasteiger partial charge in [-0.15, -0.1) is 0 Å². The van der Waals surface area contributed by atoms with E-state index < -0.39 is 0 Å². The maximum Gasteiger partial charge on any atom is 0.0540 e. The molecule has 0 aliphatic heterocycles. The van der Waals surface area contributed by atoms with Crippen LogP contribution in [0.1, 0.15) is 0 Å². The van der Waals surface area contributed by atoms with Gasteiger partial charge in [0.05, 0.1) is 5.69 Å². The SMILES string of the molecule is c1ccc(-c2ccc(N(c3ccc4ccccc4c3)c3ccc(-c4cccc(-c5ccccc5)c4)cc3-c3ccccc3)cc2)cc1. The van der Waals surface area contributed by atoms with Crippen LogP contribution in [0.25, 0.3) is 55.3 Å².